The average molecular weight is 516 g/mol. The summed E-state index contributed by atoms with van der Waals surface area (Å²) in [4.78, 5) is 3.70. The molecule has 2 heterocycles. The molecule has 5 heteroatoms. The van der Waals surface area contributed by atoms with E-state index in [0.717, 1.165) is 31.7 Å². The van der Waals surface area contributed by atoms with Crippen LogP contribution in [0.1, 0.15) is 45.5 Å². The number of rotatable bonds is 6. The molecule has 3 nitrogen and oxygen atoms in total. The minimum absolute atomic E-state index is 0.234. The number of ether oxygens (including phenoxy) is 1. The standard InChI is InChI=1S/C31H35N2OS2/c1-6-32-25-12-8-9-13-27(25)35-29(32)14-10-11-22-17-23(21-31(3,4)20-22)18-30-33(7-2)26-19-24(34-5)15-16-28(26)36-30/h8-19H,6-7,20-21H2,1-5H3/q+1. The molecule has 0 bridgehead atoms. The average Bonchev–Trinajstić information content (AvgIpc) is 3.39. The number of aromatic nitrogens is 1. The minimum Gasteiger partial charge on any atom is -0.497 e. The lowest BCUT2D eigenvalue weighted by molar-refractivity contribution is -0.665. The van der Waals surface area contributed by atoms with E-state index in [0.29, 0.717) is 0 Å². The van der Waals surface area contributed by atoms with Crippen LogP contribution in [0.3, 0.4) is 0 Å². The van der Waals surface area contributed by atoms with Crippen LogP contribution >= 0.6 is 23.1 Å². The van der Waals surface area contributed by atoms with E-state index >= 15 is 0 Å². The molecule has 0 spiro atoms. The predicted molar refractivity (Wildman–Crippen MR) is 156 cm³/mol. The van der Waals surface area contributed by atoms with Gasteiger partial charge in [-0.2, -0.15) is 4.57 Å². The van der Waals surface area contributed by atoms with Gasteiger partial charge in [0, 0.05) is 29.6 Å². The number of allylic oxidation sites excluding steroid dienone is 6. The smallest absolute Gasteiger partial charge is 0.262 e. The molecule has 2 aromatic carbocycles. The van der Waals surface area contributed by atoms with Crippen LogP contribution in [-0.2, 0) is 6.54 Å². The van der Waals surface area contributed by atoms with E-state index in [2.05, 4.69) is 110 Å². The van der Waals surface area contributed by atoms with Crippen LogP contribution in [0.25, 0.3) is 16.3 Å². The zero-order valence-corrected chi connectivity index (χ0v) is 23.5. The number of hydrogen-bond donors (Lipinski definition) is 0. The molecule has 2 aliphatic rings. The fraction of sp³-hybridized carbons (Fsp3) is 0.323. The van der Waals surface area contributed by atoms with Crippen molar-refractivity contribution in [3.8, 4) is 5.75 Å². The summed E-state index contributed by atoms with van der Waals surface area (Å²) in [6, 6.07) is 15.1. The second kappa shape index (κ2) is 10.3. The molecule has 1 aromatic heterocycles. The van der Waals surface area contributed by atoms with Crippen molar-refractivity contribution in [1.82, 2.24) is 0 Å². The summed E-state index contributed by atoms with van der Waals surface area (Å²) in [5.41, 5.74) is 5.59. The van der Waals surface area contributed by atoms with E-state index in [1.165, 1.54) is 42.0 Å². The van der Waals surface area contributed by atoms with E-state index in [1.54, 1.807) is 7.11 Å². The molecule has 1 aliphatic carbocycles. The Morgan fingerprint density at radius 1 is 1.11 bits per heavy atom. The Kier molecular flexibility index (Phi) is 7.14. The van der Waals surface area contributed by atoms with Gasteiger partial charge in [-0.05, 0) is 67.5 Å². The summed E-state index contributed by atoms with van der Waals surface area (Å²) < 4.78 is 9.22. The number of anilines is 1. The van der Waals surface area contributed by atoms with Gasteiger partial charge in [0.25, 0.3) is 5.01 Å². The van der Waals surface area contributed by atoms with Crippen LogP contribution in [0.15, 0.2) is 87.8 Å². The maximum absolute atomic E-state index is 5.48. The molecule has 186 valence electrons. The van der Waals surface area contributed by atoms with Gasteiger partial charge in [0.2, 0.25) is 5.52 Å². The van der Waals surface area contributed by atoms with Crippen LogP contribution in [-0.4, -0.2) is 13.7 Å². The zero-order chi connectivity index (χ0) is 25.3. The quantitative estimate of drug-likeness (QED) is 0.307. The number of benzene rings is 2. The molecule has 36 heavy (non-hydrogen) atoms. The first-order valence-electron chi connectivity index (χ1n) is 12.7. The number of para-hydroxylation sites is 1. The third kappa shape index (κ3) is 5.05. The Balaban J connectivity index is 1.43. The molecule has 0 atom stereocenters. The molecule has 0 N–H and O–H groups in total. The van der Waals surface area contributed by atoms with E-state index in [1.807, 2.05) is 23.1 Å². The van der Waals surface area contributed by atoms with E-state index < -0.39 is 0 Å². The van der Waals surface area contributed by atoms with Crippen molar-refractivity contribution in [3.63, 3.8) is 0 Å². The lowest BCUT2D eigenvalue weighted by Crippen LogP contribution is -2.33. The van der Waals surface area contributed by atoms with Crippen molar-refractivity contribution in [2.24, 2.45) is 5.41 Å². The Labute approximate surface area is 223 Å². The van der Waals surface area contributed by atoms with E-state index in [4.69, 9.17) is 4.74 Å². The molecule has 0 unspecified atom stereocenters. The van der Waals surface area contributed by atoms with Crippen LogP contribution in [0, 0.1) is 5.41 Å². The molecular formula is C31H35N2OS2+. The molecule has 0 saturated heterocycles. The highest BCUT2D eigenvalue weighted by Gasteiger charge is 2.28. The first-order chi connectivity index (χ1) is 17.4. The first-order valence-corrected chi connectivity index (χ1v) is 14.4. The van der Waals surface area contributed by atoms with Crippen molar-refractivity contribution in [1.29, 1.82) is 0 Å². The summed E-state index contributed by atoms with van der Waals surface area (Å²) in [5.74, 6) is 0.909. The lowest BCUT2D eigenvalue weighted by atomic mass is 9.75. The maximum Gasteiger partial charge on any atom is 0.262 e. The largest absolute Gasteiger partial charge is 0.497 e. The third-order valence-electron chi connectivity index (χ3n) is 6.80. The number of aryl methyl sites for hydroxylation is 1. The Bertz CT molecular complexity index is 1410. The maximum atomic E-state index is 5.48. The molecule has 5 rings (SSSR count). The molecule has 0 amide bonds. The van der Waals surface area contributed by atoms with Crippen molar-refractivity contribution < 1.29 is 9.30 Å². The highest BCUT2D eigenvalue weighted by Crippen LogP contribution is 2.48. The Morgan fingerprint density at radius 3 is 2.72 bits per heavy atom. The SMILES string of the molecule is CCN1C(=CC2=CC(=CC=Cc3sc4ccccc4[n+]3CC)CC(C)(C)C2)Sc2ccc(OC)cc21. The number of hydrogen-bond acceptors (Lipinski definition) is 4. The second-order valence-corrected chi connectivity index (χ2v) is 12.3. The van der Waals surface area contributed by atoms with Crippen LogP contribution in [0.5, 0.6) is 5.75 Å². The zero-order valence-electron chi connectivity index (χ0n) is 21.9. The van der Waals surface area contributed by atoms with E-state index in [-0.39, 0.29) is 5.41 Å². The fourth-order valence-electron chi connectivity index (χ4n) is 5.26. The van der Waals surface area contributed by atoms with Crippen molar-refractivity contribution in [3.05, 3.63) is 88.0 Å². The van der Waals surface area contributed by atoms with Crippen LogP contribution in [0.4, 0.5) is 5.69 Å². The Hall–Kier alpha value is -2.76. The predicted octanol–water partition coefficient (Wildman–Crippen LogP) is 8.38. The first kappa shape index (κ1) is 24.9. The van der Waals surface area contributed by atoms with Crippen molar-refractivity contribution in [2.75, 3.05) is 18.6 Å². The van der Waals surface area contributed by atoms with Gasteiger partial charge in [0.1, 0.15) is 17.0 Å². The third-order valence-corrected chi connectivity index (χ3v) is 9.04. The molecular weight excluding hydrogens is 480 g/mol. The molecule has 0 saturated carbocycles. The van der Waals surface area contributed by atoms with E-state index in [9.17, 15) is 0 Å². The second-order valence-electron chi connectivity index (χ2n) is 10.2. The molecule has 0 radical (unpaired) electrons. The summed E-state index contributed by atoms with van der Waals surface area (Å²) in [5, 5.41) is 2.60. The van der Waals surface area contributed by atoms with Gasteiger partial charge in [-0.15, -0.1) is 0 Å². The van der Waals surface area contributed by atoms with Crippen molar-refractivity contribution >= 4 is 45.1 Å². The topological polar surface area (TPSA) is 16.4 Å². The number of thioether (sulfide) groups is 1. The van der Waals surface area contributed by atoms with Crippen LogP contribution in [0.2, 0.25) is 0 Å². The number of nitrogens with zero attached hydrogens (tertiary/aromatic N) is 2. The van der Waals surface area contributed by atoms with Gasteiger partial charge < -0.3 is 9.64 Å². The monoisotopic (exact) mass is 515 g/mol. The van der Waals surface area contributed by atoms with Crippen molar-refractivity contribution in [2.45, 2.75) is 52.0 Å². The van der Waals surface area contributed by atoms with Gasteiger partial charge in [-0.1, -0.05) is 67.3 Å². The highest BCUT2D eigenvalue weighted by molar-refractivity contribution is 8.03. The number of methoxy groups -OCH3 is 1. The molecule has 0 fully saturated rings. The lowest BCUT2D eigenvalue weighted by Gasteiger charge is -2.31. The normalized spacial score (nSPS) is 19.5. The summed E-state index contributed by atoms with van der Waals surface area (Å²) in [6.45, 7) is 11.1. The van der Waals surface area contributed by atoms with Crippen LogP contribution < -0.4 is 14.2 Å². The fourth-order valence-corrected chi connectivity index (χ4v) is 7.59. The molecule has 3 aromatic rings. The Morgan fingerprint density at radius 2 is 1.94 bits per heavy atom. The summed E-state index contributed by atoms with van der Waals surface area (Å²) in [6.07, 6.45) is 13.8. The minimum atomic E-state index is 0.234. The number of fused-ring (bicyclic) bond motifs is 2. The van der Waals surface area contributed by atoms with Gasteiger partial charge >= 0.3 is 0 Å². The summed E-state index contributed by atoms with van der Waals surface area (Å²) in [7, 11) is 1.73. The van der Waals surface area contributed by atoms with Gasteiger partial charge in [0.15, 0.2) is 0 Å². The number of thiazole rings is 1. The van der Waals surface area contributed by atoms with Gasteiger partial charge in [-0.25, -0.2) is 0 Å². The molecule has 1 aliphatic heterocycles. The highest BCUT2D eigenvalue weighted by atomic mass is 32.2. The summed E-state index contributed by atoms with van der Waals surface area (Å²) >= 11 is 3.72. The van der Waals surface area contributed by atoms with Gasteiger partial charge in [-0.3, -0.25) is 0 Å². The van der Waals surface area contributed by atoms with Gasteiger partial charge in [0.05, 0.1) is 17.8 Å².